The Balaban J connectivity index is 2.40. The summed E-state index contributed by atoms with van der Waals surface area (Å²) in [5.74, 6) is -0.573. The highest BCUT2D eigenvalue weighted by atomic mass is 31.2. The van der Waals surface area contributed by atoms with Gasteiger partial charge in [0, 0.05) is 25.1 Å². The Morgan fingerprint density at radius 2 is 1.44 bits per heavy atom. The SMILES string of the molecule is CC(C)COP(=O)(c1ccc(N(C)C)cc1)C(O)c1ccc(C(C)C)cc1. The molecule has 0 saturated carbocycles. The Kier molecular flexibility index (Phi) is 7.27. The fourth-order valence-electron chi connectivity index (χ4n) is 2.75. The van der Waals surface area contributed by atoms with E-state index in [-0.39, 0.29) is 5.92 Å². The summed E-state index contributed by atoms with van der Waals surface area (Å²) in [7, 11) is 0.416. The summed E-state index contributed by atoms with van der Waals surface area (Å²) in [5.41, 5.74) is 2.80. The maximum absolute atomic E-state index is 13.8. The summed E-state index contributed by atoms with van der Waals surface area (Å²) >= 11 is 0. The van der Waals surface area contributed by atoms with Crippen molar-refractivity contribution < 1.29 is 14.2 Å². The maximum Gasteiger partial charge on any atom is 0.264 e. The highest BCUT2D eigenvalue weighted by Gasteiger charge is 2.36. The van der Waals surface area contributed by atoms with Crippen LogP contribution in [0.5, 0.6) is 0 Å². The van der Waals surface area contributed by atoms with Gasteiger partial charge in [0.2, 0.25) is 0 Å². The van der Waals surface area contributed by atoms with Gasteiger partial charge in [0.25, 0.3) is 7.37 Å². The van der Waals surface area contributed by atoms with Crippen molar-refractivity contribution >= 4 is 18.4 Å². The summed E-state index contributed by atoms with van der Waals surface area (Å²) in [6, 6.07) is 15.0. The molecule has 0 saturated heterocycles. The molecule has 27 heavy (non-hydrogen) atoms. The number of benzene rings is 2. The summed E-state index contributed by atoms with van der Waals surface area (Å²) in [5, 5.41) is 11.6. The van der Waals surface area contributed by atoms with Gasteiger partial charge in [-0.2, -0.15) is 0 Å². The number of aliphatic hydroxyl groups excluding tert-OH is 1. The van der Waals surface area contributed by atoms with Gasteiger partial charge in [0.05, 0.1) is 6.61 Å². The zero-order valence-electron chi connectivity index (χ0n) is 17.2. The van der Waals surface area contributed by atoms with Crippen molar-refractivity contribution in [2.24, 2.45) is 5.92 Å². The third-order valence-corrected chi connectivity index (χ3v) is 7.04. The summed E-state index contributed by atoms with van der Waals surface area (Å²) < 4.78 is 19.7. The summed E-state index contributed by atoms with van der Waals surface area (Å²) in [6.07, 6.45) is 0. The highest BCUT2D eigenvalue weighted by molar-refractivity contribution is 7.67. The standard InChI is InChI=1S/C22H32NO3P/c1-16(2)15-26-27(25,21-13-11-20(12-14-21)23(5)6)22(24)19-9-7-18(8-10-19)17(3)4/h7-14,16-17,22,24H,15H2,1-6H3. The van der Waals surface area contributed by atoms with Crippen molar-refractivity contribution in [3.8, 4) is 0 Å². The zero-order valence-corrected chi connectivity index (χ0v) is 18.1. The maximum atomic E-state index is 13.8. The molecule has 0 aromatic heterocycles. The Morgan fingerprint density at radius 3 is 1.89 bits per heavy atom. The van der Waals surface area contributed by atoms with Crippen molar-refractivity contribution in [3.63, 3.8) is 0 Å². The molecule has 2 atom stereocenters. The van der Waals surface area contributed by atoms with E-state index >= 15 is 0 Å². The number of rotatable bonds is 8. The molecule has 0 aliphatic rings. The minimum Gasteiger partial charge on any atom is -0.378 e. The molecule has 1 N–H and O–H groups in total. The average Bonchev–Trinajstić information content (AvgIpc) is 2.65. The van der Waals surface area contributed by atoms with Crippen molar-refractivity contribution in [1.29, 1.82) is 0 Å². The van der Waals surface area contributed by atoms with Crippen LogP contribution in [0, 0.1) is 5.92 Å². The number of nitrogens with zero attached hydrogens (tertiary/aromatic N) is 1. The zero-order chi connectivity index (χ0) is 20.2. The van der Waals surface area contributed by atoms with Gasteiger partial charge in [0.1, 0.15) is 0 Å². The lowest BCUT2D eigenvalue weighted by Gasteiger charge is -2.26. The normalized spacial score (nSPS) is 15.0. The van der Waals surface area contributed by atoms with Crippen molar-refractivity contribution in [1.82, 2.24) is 0 Å². The van der Waals surface area contributed by atoms with Crippen LogP contribution < -0.4 is 10.2 Å². The van der Waals surface area contributed by atoms with Crippen molar-refractivity contribution in [3.05, 3.63) is 59.7 Å². The minimum absolute atomic E-state index is 0.217. The van der Waals surface area contributed by atoms with Crippen molar-refractivity contribution in [2.45, 2.75) is 39.5 Å². The first-order chi connectivity index (χ1) is 12.6. The number of hydrogen-bond donors (Lipinski definition) is 1. The third-order valence-electron chi connectivity index (χ3n) is 4.55. The Labute approximate surface area is 163 Å². The lowest BCUT2D eigenvalue weighted by Crippen LogP contribution is -2.17. The van der Waals surface area contributed by atoms with Gasteiger partial charge in [-0.1, -0.05) is 52.0 Å². The average molecular weight is 389 g/mol. The smallest absolute Gasteiger partial charge is 0.264 e. The molecule has 2 unspecified atom stereocenters. The number of hydrogen-bond acceptors (Lipinski definition) is 4. The second-order valence-corrected chi connectivity index (χ2v) is 10.4. The number of aliphatic hydroxyl groups is 1. The van der Waals surface area contributed by atoms with Crippen LogP contribution in [0.2, 0.25) is 0 Å². The monoisotopic (exact) mass is 389 g/mol. The van der Waals surface area contributed by atoms with Gasteiger partial charge in [-0.05, 0) is 47.2 Å². The molecule has 0 bridgehead atoms. The first-order valence-electron chi connectivity index (χ1n) is 9.45. The molecule has 148 valence electrons. The van der Waals surface area contributed by atoms with Crippen LogP contribution in [0.4, 0.5) is 5.69 Å². The Hall–Kier alpha value is -1.61. The Morgan fingerprint density at radius 1 is 0.926 bits per heavy atom. The van der Waals surface area contributed by atoms with E-state index in [1.54, 1.807) is 12.1 Å². The van der Waals surface area contributed by atoms with Gasteiger partial charge in [-0.3, -0.25) is 4.57 Å². The fourth-order valence-corrected chi connectivity index (χ4v) is 4.98. The van der Waals surface area contributed by atoms with Crippen LogP contribution in [0.15, 0.2) is 48.5 Å². The first-order valence-corrected chi connectivity index (χ1v) is 11.1. The molecule has 2 aromatic carbocycles. The van der Waals surface area contributed by atoms with E-state index in [1.807, 2.05) is 69.2 Å². The van der Waals surface area contributed by atoms with Crippen LogP contribution in [0.25, 0.3) is 0 Å². The molecular weight excluding hydrogens is 357 g/mol. The molecule has 4 nitrogen and oxygen atoms in total. The summed E-state index contributed by atoms with van der Waals surface area (Å²) in [4.78, 5) is 1.98. The van der Waals surface area contributed by atoms with E-state index < -0.39 is 13.2 Å². The topological polar surface area (TPSA) is 49.8 Å². The van der Waals surface area contributed by atoms with E-state index in [9.17, 15) is 9.67 Å². The molecule has 0 heterocycles. The van der Waals surface area contributed by atoms with Gasteiger partial charge in [0.15, 0.2) is 5.85 Å². The first kappa shape index (κ1) is 21.7. The second kappa shape index (κ2) is 9.05. The molecule has 2 rings (SSSR count). The lowest BCUT2D eigenvalue weighted by molar-refractivity contribution is 0.203. The predicted molar refractivity (Wildman–Crippen MR) is 114 cm³/mol. The van der Waals surface area contributed by atoms with E-state index in [2.05, 4.69) is 13.8 Å². The number of anilines is 1. The Bertz CT molecular complexity index is 767. The molecule has 0 spiro atoms. The molecule has 0 radical (unpaired) electrons. The molecule has 2 aromatic rings. The molecule has 0 fully saturated rings. The molecule has 0 aliphatic carbocycles. The van der Waals surface area contributed by atoms with Crippen LogP contribution >= 0.6 is 7.37 Å². The van der Waals surface area contributed by atoms with Gasteiger partial charge in [-0.15, -0.1) is 0 Å². The molecule has 0 amide bonds. The predicted octanol–water partition coefficient (Wildman–Crippen LogP) is 5.14. The van der Waals surface area contributed by atoms with Gasteiger partial charge < -0.3 is 14.5 Å². The second-order valence-electron chi connectivity index (χ2n) is 7.89. The largest absolute Gasteiger partial charge is 0.378 e. The molecule has 5 heteroatoms. The van der Waals surface area contributed by atoms with Crippen LogP contribution in [-0.4, -0.2) is 25.8 Å². The van der Waals surface area contributed by atoms with Gasteiger partial charge in [-0.25, -0.2) is 0 Å². The lowest BCUT2D eigenvalue weighted by atomic mass is 10.0. The van der Waals surface area contributed by atoms with E-state index in [0.29, 0.717) is 23.4 Å². The van der Waals surface area contributed by atoms with Gasteiger partial charge >= 0.3 is 0 Å². The minimum atomic E-state index is -3.49. The van der Waals surface area contributed by atoms with Crippen LogP contribution in [-0.2, 0) is 9.09 Å². The van der Waals surface area contributed by atoms with Crippen LogP contribution in [0.1, 0.15) is 50.6 Å². The fraction of sp³-hybridized carbons (Fsp3) is 0.455. The van der Waals surface area contributed by atoms with Crippen LogP contribution in [0.3, 0.4) is 0 Å². The highest BCUT2D eigenvalue weighted by Crippen LogP contribution is 2.58. The van der Waals surface area contributed by atoms with E-state index in [4.69, 9.17) is 4.52 Å². The van der Waals surface area contributed by atoms with E-state index in [0.717, 1.165) is 5.69 Å². The third kappa shape index (κ3) is 5.22. The van der Waals surface area contributed by atoms with E-state index in [1.165, 1.54) is 5.56 Å². The molecule has 0 aliphatic heterocycles. The quantitative estimate of drug-likeness (QED) is 0.635. The summed E-state index contributed by atoms with van der Waals surface area (Å²) in [6.45, 7) is 8.57. The van der Waals surface area contributed by atoms with Crippen molar-refractivity contribution in [2.75, 3.05) is 25.6 Å². The molecular formula is C22H32NO3P.